The Hall–Kier alpha value is -3.51. The summed E-state index contributed by atoms with van der Waals surface area (Å²) in [7, 11) is -3.37. The van der Waals surface area contributed by atoms with E-state index in [1.165, 1.54) is 12.1 Å². The minimum absolute atomic E-state index is 0.0714. The van der Waals surface area contributed by atoms with Gasteiger partial charge in [0.2, 0.25) is 5.91 Å². The van der Waals surface area contributed by atoms with Crippen molar-refractivity contribution < 1.29 is 17.6 Å². The second-order valence-electron chi connectivity index (χ2n) is 9.71. The summed E-state index contributed by atoms with van der Waals surface area (Å²) in [5, 5.41) is 16.9. The number of carbonyl (C=O) groups excluding carboxylic acids is 1. The largest absolute Gasteiger partial charge is 0.350 e. The first kappa shape index (κ1) is 26.1. The third kappa shape index (κ3) is 6.55. The standard InChI is InChI=1S/C26H29FN4O3S/c1-17(19-9-10-20(23(27)12-19)16-35(5,33)34)25(32)29-15-22-13-24(26(2,3)4)30-31(22)21-8-6-7-18(11-21)14-28/h6-13,17H,15-16H2,1-5H3,(H,29,32). The molecular weight excluding hydrogens is 467 g/mol. The second-order valence-corrected chi connectivity index (χ2v) is 11.8. The zero-order valence-electron chi connectivity index (χ0n) is 20.5. The molecule has 0 aliphatic heterocycles. The Labute approximate surface area is 205 Å². The molecule has 1 atom stereocenters. The van der Waals surface area contributed by atoms with E-state index < -0.39 is 27.3 Å². The topological polar surface area (TPSA) is 105 Å². The van der Waals surface area contributed by atoms with Crippen LogP contribution in [0.1, 0.15) is 61.7 Å². The molecule has 2 aromatic carbocycles. The van der Waals surface area contributed by atoms with Crippen molar-refractivity contribution in [2.75, 3.05) is 6.26 Å². The number of carbonyl (C=O) groups is 1. The van der Waals surface area contributed by atoms with E-state index in [4.69, 9.17) is 5.10 Å². The first-order valence-electron chi connectivity index (χ1n) is 11.1. The maximum absolute atomic E-state index is 14.4. The van der Waals surface area contributed by atoms with Crippen molar-refractivity contribution in [3.05, 3.63) is 82.4 Å². The number of nitrogens with one attached hydrogen (secondary N) is 1. The lowest BCUT2D eigenvalue weighted by Crippen LogP contribution is -2.28. The molecule has 0 aliphatic rings. The molecule has 3 rings (SSSR count). The van der Waals surface area contributed by atoms with Gasteiger partial charge in [0.05, 0.1) is 46.9 Å². The highest BCUT2D eigenvalue weighted by Gasteiger charge is 2.22. The zero-order valence-corrected chi connectivity index (χ0v) is 21.3. The van der Waals surface area contributed by atoms with Gasteiger partial charge in [-0.05, 0) is 42.8 Å². The molecule has 0 radical (unpaired) electrons. The number of hydrogen-bond donors (Lipinski definition) is 1. The molecule has 0 bridgehead atoms. The fraction of sp³-hybridized carbons (Fsp3) is 0.346. The molecule has 1 N–H and O–H groups in total. The molecular formula is C26H29FN4O3S. The van der Waals surface area contributed by atoms with Crippen molar-refractivity contribution in [1.82, 2.24) is 15.1 Å². The van der Waals surface area contributed by atoms with Crippen LogP contribution in [-0.4, -0.2) is 30.4 Å². The lowest BCUT2D eigenvalue weighted by atomic mass is 9.92. The molecule has 0 saturated carbocycles. The highest BCUT2D eigenvalue weighted by atomic mass is 32.2. The van der Waals surface area contributed by atoms with Crippen LogP contribution in [0.15, 0.2) is 48.5 Å². The molecule has 3 aromatic rings. The highest BCUT2D eigenvalue weighted by Crippen LogP contribution is 2.25. The number of halogens is 1. The number of benzene rings is 2. The Morgan fingerprint density at radius 1 is 1.20 bits per heavy atom. The average molecular weight is 497 g/mol. The van der Waals surface area contributed by atoms with E-state index in [0.717, 1.165) is 17.6 Å². The van der Waals surface area contributed by atoms with Crippen LogP contribution in [0.5, 0.6) is 0 Å². The summed E-state index contributed by atoms with van der Waals surface area (Å²) in [5.41, 5.74) is 3.07. The normalized spacial score (nSPS) is 12.7. The summed E-state index contributed by atoms with van der Waals surface area (Å²) in [6.07, 6.45) is 1.04. The van der Waals surface area contributed by atoms with Gasteiger partial charge in [0, 0.05) is 17.2 Å². The van der Waals surface area contributed by atoms with Crippen LogP contribution >= 0.6 is 0 Å². The fourth-order valence-electron chi connectivity index (χ4n) is 3.56. The summed E-state index contributed by atoms with van der Waals surface area (Å²) in [5.74, 6) is -2.02. The van der Waals surface area contributed by atoms with Crippen LogP contribution in [0.25, 0.3) is 5.69 Å². The average Bonchev–Trinajstić information content (AvgIpc) is 3.22. The third-order valence-electron chi connectivity index (χ3n) is 5.60. The molecule has 1 aromatic heterocycles. The van der Waals surface area contributed by atoms with E-state index in [2.05, 4.69) is 11.4 Å². The fourth-order valence-corrected chi connectivity index (χ4v) is 4.36. The molecule has 7 nitrogen and oxygen atoms in total. The summed E-state index contributed by atoms with van der Waals surface area (Å²) in [4.78, 5) is 12.9. The van der Waals surface area contributed by atoms with E-state index >= 15 is 0 Å². The molecule has 9 heteroatoms. The first-order valence-corrected chi connectivity index (χ1v) is 13.2. The predicted octanol–water partition coefficient (Wildman–Crippen LogP) is 4.15. The molecule has 1 unspecified atom stereocenters. The Morgan fingerprint density at radius 2 is 1.91 bits per heavy atom. The van der Waals surface area contributed by atoms with Crippen molar-refractivity contribution in [2.45, 2.75) is 51.3 Å². The molecule has 0 fully saturated rings. The van der Waals surface area contributed by atoms with E-state index in [9.17, 15) is 22.9 Å². The number of rotatable bonds is 7. The predicted molar refractivity (Wildman–Crippen MR) is 132 cm³/mol. The van der Waals surface area contributed by atoms with Gasteiger partial charge in [-0.1, -0.05) is 39.0 Å². The Balaban J connectivity index is 1.82. The van der Waals surface area contributed by atoms with Crippen LogP contribution in [0.2, 0.25) is 0 Å². The van der Waals surface area contributed by atoms with Crippen LogP contribution < -0.4 is 5.32 Å². The smallest absolute Gasteiger partial charge is 0.227 e. The zero-order chi connectivity index (χ0) is 26.0. The van der Waals surface area contributed by atoms with Crippen molar-refractivity contribution >= 4 is 15.7 Å². The number of nitrogens with zero attached hydrogens (tertiary/aromatic N) is 3. The lowest BCUT2D eigenvalue weighted by molar-refractivity contribution is -0.122. The van der Waals surface area contributed by atoms with Gasteiger partial charge >= 0.3 is 0 Å². The Kier molecular flexibility index (Phi) is 7.46. The summed E-state index contributed by atoms with van der Waals surface area (Å²) < 4.78 is 39.1. The molecule has 35 heavy (non-hydrogen) atoms. The SMILES string of the molecule is CC(C(=O)NCc1cc(C(C)(C)C)nn1-c1cccc(C#N)c1)c1ccc(CS(C)(=O)=O)c(F)c1. The van der Waals surface area contributed by atoms with Gasteiger partial charge in [0.25, 0.3) is 0 Å². The van der Waals surface area contributed by atoms with E-state index in [-0.39, 0.29) is 23.4 Å². The van der Waals surface area contributed by atoms with Crippen molar-refractivity contribution in [1.29, 1.82) is 5.26 Å². The number of hydrogen-bond acceptors (Lipinski definition) is 5. The molecule has 1 amide bonds. The van der Waals surface area contributed by atoms with Crippen molar-refractivity contribution in [3.8, 4) is 11.8 Å². The van der Waals surface area contributed by atoms with Gasteiger partial charge in [0.1, 0.15) is 5.82 Å². The van der Waals surface area contributed by atoms with Gasteiger partial charge in [0.15, 0.2) is 9.84 Å². The van der Waals surface area contributed by atoms with Gasteiger partial charge < -0.3 is 5.32 Å². The van der Waals surface area contributed by atoms with E-state index in [0.29, 0.717) is 16.8 Å². The summed E-state index contributed by atoms with van der Waals surface area (Å²) >= 11 is 0. The van der Waals surface area contributed by atoms with Crippen molar-refractivity contribution in [3.63, 3.8) is 0 Å². The van der Waals surface area contributed by atoms with Gasteiger partial charge in [-0.3, -0.25) is 4.79 Å². The van der Waals surface area contributed by atoms with Crippen LogP contribution in [0.3, 0.4) is 0 Å². The van der Waals surface area contributed by atoms with Gasteiger partial charge in [-0.25, -0.2) is 17.5 Å². The second kappa shape index (κ2) is 10.0. The maximum Gasteiger partial charge on any atom is 0.227 e. The maximum atomic E-state index is 14.4. The van der Waals surface area contributed by atoms with Crippen LogP contribution in [0, 0.1) is 17.1 Å². The first-order chi connectivity index (χ1) is 16.3. The van der Waals surface area contributed by atoms with E-state index in [1.54, 1.807) is 35.9 Å². The number of nitriles is 1. The number of sulfone groups is 1. The van der Waals surface area contributed by atoms with Crippen LogP contribution in [0.4, 0.5) is 4.39 Å². The molecule has 0 aliphatic carbocycles. The molecule has 1 heterocycles. The van der Waals surface area contributed by atoms with Gasteiger partial charge in [-0.2, -0.15) is 10.4 Å². The number of aromatic nitrogens is 2. The van der Waals surface area contributed by atoms with Crippen molar-refractivity contribution in [2.24, 2.45) is 0 Å². The third-order valence-corrected chi connectivity index (χ3v) is 6.44. The lowest BCUT2D eigenvalue weighted by Gasteiger charge is -2.14. The summed E-state index contributed by atoms with van der Waals surface area (Å²) in [6, 6.07) is 15.3. The quantitative estimate of drug-likeness (QED) is 0.529. The minimum Gasteiger partial charge on any atom is -0.350 e. The molecule has 184 valence electrons. The number of amides is 1. The summed E-state index contributed by atoms with van der Waals surface area (Å²) in [6.45, 7) is 7.96. The Bertz CT molecular complexity index is 1400. The molecule has 0 saturated heterocycles. The van der Waals surface area contributed by atoms with E-state index in [1.807, 2.05) is 32.9 Å². The monoisotopic (exact) mass is 496 g/mol. The van der Waals surface area contributed by atoms with Crippen LogP contribution in [-0.2, 0) is 32.3 Å². The van der Waals surface area contributed by atoms with Gasteiger partial charge in [-0.15, -0.1) is 0 Å². The highest BCUT2D eigenvalue weighted by molar-refractivity contribution is 7.89. The minimum atomic E-state index is -3.37. The molecule has 0 spiro atoms. The Morgan fingerprint density at radius 3 is 2.51 bits per heavy atom.